The minimum absolute atomic E-state index is 0.00119. The molecule has 0 saturated heterocycles. The van der Waals surface area contributed by atoms with E-state index in [9.17, 15) is 17.6 Å². The van der Waals surface area contributed by atoms with Crippen molar-refractivity contribution in [3.8, 4) is 0 Å². The third kappa shape index (κ3) is 5.32. The topological polar surface area (TPSA) is 98.5 Å². The van der Waals surface area contributed by atoms with Crippen LogP contribution in [0.1, 0.15) is 11.1 Å². The van der Waals surface area contributed by atoms with E-state index in [4.69, 9.17) is 9.88 Å². The highest BCUT2D eigenvalue weighted by Gasteiger charge is 2.08. The molecule has 24 heavy (non-hydrogen) atoms. The number of ether oxygens (including phenoxy) is 1. The van der Waals surface area contributed by atoms with Crippen LogP contribution in [0.5, 0.6) is 0 Å². The van der Waals surface area contributed by atoms with Gasteiger partial charge in [-0.2, -0.15) is 0 Å². The molecular weight excluding hydrogens is 335 g/mol. The van der Waals surface area contributed by atoms with Gasteiger partial charge in [-0.15, -0.1) is 0 Å². The highest BCUT2D eigenvalue weighted by atomic mass is 32.2. The fourth-order valence-electron chi connectivity index (χ4n) is 1.98. The van der Waals surface area contributed by atoms with E-state index in [2.05, 4.69) is 5.32 Å². The number of nitrogens with two attached hydrogens (primary N) is 1. The maximum Gasteiger partial charge on any atom is 0.407 e. The summed E-state index contributed by atoms with van der Waals surface area (Å²) in [5.74, 6) is -0.337. The molecule has 0 spiro atoms. The fraction of sp³-hybridized carbons (Fsp3) is 0.188. The van der Waals surface area contributed by atoms with E-state index in [1.807, 2.05) is 0 Å². The highest BCUT2D eigenvalue weighted by Crippen LogP contribution is 2.09. The first-order chi connectivity index (χ1) is 11.4. The van der Waals surface area contributed by atoms with Crippen molar-refractivity contribution in [1.82, 2.24) is 5.32 Å². The second kappa shape index (κ2) is 7.89. The average Bonchev–Trinajstić information content (AvgIpc) is 2.54. The average molecular weight is 352 g/mol. The number of hydrogen-bond donors (Lipinski definition) is 2. The van der Waals surface area contributed by atoms with Crippen LogP contribution in [0.25, 0.3) is 0 Å². The molecule has 3 N–H and O–H groups in total. The molecule has 0 fully saturated rings. The minimum Gasteiger partial charge on any atom is -0.449 e. The summed E-state index contributed by atoms with van der Waals surface area (Å²) in [6.45, 7) is 0.223. The zero-order chi connectivity index (χ0) is 17.6. The van der Waals surface area contributed by atoms with Crippen LogP contribution in [0.4, 0.5) is 9.18 Å². The van der Waals surface area contributed by atoms with Gasteiger partial charge in [0.05, 0.1) is 11.5 Å². The molecule has 0 aromatic heterocycles. The maximum absolute atomic E-state index is 13.4. The molecule has 0 aliphatic carbocycles. The van der Waals surface area contributed by atoms with Crippen molar-refractivity contribution >= 4 is 16.1 Å². The van der Waals surface area contributed by atoms with Crippen LogP contribution < -0.4 is 10.5 Å². The smallest absolute Gasteiger partial charge is 0.407 e. The van der Waals surface area contributed by atoms with E-state index in [0.29, 0.717) is 11.1 Å². The predicted molar refractivity (Wildman–Crippen MR) is 86.1 cm³/mol. The summed E-state index contributed by atoms with van der Waals surface area (Å²) < 4.78 is 40.6. The molecule has 0 radical (unpaired) electrons. The van der Waals surface area contributed by atoms with Crippen LogP contribution >= 0.6 is 0 Å². The summed E-state index contributed by atoms with van der Waals surface area (Å²) in [6, 6.07) is 12.1. The van der Waals surface area contributed by atoms with Crippen LogP contribution in [0.15, 0.2) is 53.4 Å². The Bertz CT molecular complexity index is 807. The third-order valence-corrected chi connectivity index (χ3v) is 4.18. The Morgan fingerprint density at radius 3 is 2.42 bits per heavy atom. The van der Waals surface area contributed by atoms with Crippen molar-refractivity contribution in [3.05, 3.63) is 65.5 Å². The SMILES string of the molecule is NS(=O)(=O)c1ccc(CNC(=O)OCCc2ccccc2F)cc1. The van der Waals surface area contributed by atoms with Crippen LogP contribution in [0, 0.1) is 5.82 Å². The maximum atomic E-state index is 13.4. The van der Waals surface area contributed by atoms with Gasteiger partial charge in [0.1, 0.15) is 5.82 Å². The second-order valence-electron chi connectivity index (χ2n) is 5.02. The Kier molecular flexibility index (Phi) is 5.88. The van der Waals surface area contributed by atoms with E-state index >= 15 is 0 Å². The number of sulfonamides is 1. The Hall–Kier alpha value is -2.45. The van der Waals surface area contributed by atoms with Crippen molar-refractivity contribution in [2.24, 2.45) is 5.14 Å². The lowest BCUT2D eigenvalue weighted by Crippen LogP contribution is -2.24. The van der Waals surface area contributed by atoms with Gasteiger partial charge in [-0.1, -0.05) is 30.3 Å². The zero-order valence-electron chi connectivity index (χ0n) is 12.7. The lowest BCUT2D eigenvalue weighted by Gasteiger charge is -2.08. The normalized spacial score (nSPS) is 11.1. The number of carbonyl (C=O) groups excluding carboxylic acids is 1. The summed E-state index contributed by atoms with van der Waals surface area (Å²) in [5.41, 5.74) is 1.16. The fourth-order valence-corrected chi connectivity index (χ4v) is 2.49. The highest BCUT2D eigenvalue weighted by molar-refractivity contribution is 7.89. The number of carbonyl (C=O) groups is 1. The molecular formula is C16H17FN2O4S. The van der Waals surface area contributed by atoms with Gasteiger partial charge in [0.15, 0.2) is 0 Å². The summed E-state index contributed by atoms with van der Waals surface area (Å²) in [6.07, 6.45) is -0.356. The lowest BCUT2D eigenvalue weighted by molar-refractivity contribution is 0.146. The molecule has 2 aromatic rings. The first kappa shape index (κ1) is 17.9. The molecule has 0 bridgehead atoms. The number of benzene rings is 2. The van der Waals surface area contributed by atoms with Crippen molar-refractivity contribution in [2.75, 3.05) is 6.61 Å². The summed E-state index contributed by atoms with van der Waals surface area (Å²) in [4.78, 5) is 11.6. The molecule has 8 heteroatoms. The van der Waals surface area contributed by atoms with Crippen molar-refractivity contribution < 1.29 is 22.3 Å². The zero-order valence-corrected chi connectivity index (χ0v) is 13.6. The third-order valence-electron chi connectivity index (χ3n) is 3.25. The monoisotopic (exact) mass is 352 g/mol. The Morgan fingerprint density at radius 2 is 1.79 bits per heavy atom. The first-order valence-corrected chi connectivity index (χ1v) is 8.66. The molecule has 0 unspecified atom stereocenters. The van der Waals surface area contributed by atoms with Crippen LogP contribution in [-0.4, -0.2) is 21.1 Å². The van der Waals surface area contributed by atoms with Gasteiger partial charge in [0.2, 0.25) is 10.0 Å². The summed E-state index contributed by atoms with van der Waals surface area (Å²) >= 11 is 0. The standard InChI is InChI=1S/C16H17FN2O4S/c17-15-4-2-1-3-13(15)9-10-23-16(20)19-11-12-5-7-14(8-6-12)24(18,21)22/h1-8H,9-11H2,(H,19,20)(H2,18,21,22). The van der Waals surface area contributed by atoms with E-state index in [0.717, 1.165) is 0 Å². The Morgan fingerprint density at radius 1 is 1.12 bits per heavy atom. The Balaban J connectivity index is 1.76. The van der Waals surface area contributed by atoms with Crippen LogP contribution in [0.2, 0.25) is 0 Å². The van der Waals surface area contributed by atoms with Gasteiger partial charge < -0.3 is 10.1 Å². The summed E-state index contributed by atoms with van der Waals surface area (Å²) in [7, 11) is -3.74. The van der Waals surface area contributed by atoms with Crippen LogP contribution in [-0.2, 0) is 27.7 Å². The number of halogens is 1. The predicted octanol–water partition coefficient (Wildman–Crippen LogP) is 1.94. The Labute approximate surface area is 139 Å². The number of amides is 1. The van der Waals surface area contributed by atoms with Crippen molar-refractivity contribution in [3.63, 3.8) is 0 Å². The van der Waals surface area contributed by atoms with Gasteiger partial charge in [-0.3, -0.25) is 0 Å². The van der Waals surface area contributed by atoms with Gasteiger partial charge >= 0.3 is 6.09 Å². The molecule has 1 amide bonds. The molecule has 0 aliphatic rings. The molecule has 0 atom stereocenters. The molecule has 6 nitrogen and oxygen atoms in total. The molecule has 2 rings (SSSR count). The molecule has 128 valence electrons. The number of alkyl carbamates (subject to hydrolysis) is 1. The molecule has 0 aliphatic heterocycles. The van der Waals surface area contributed by atoms with Gasteiger partial charge in [-0.25, -0.2) is 22.7 Å². The van der Waals surface area contributed by atoms with Gasteiger partial charge in [-0.05, 0) is 29.3 Å². The van der Waals surface area contributed by atoms with Crippen LogP contribution in [0.3, 0.4) is 0 Å². The number of nitrogens with one attached hydrogen (secondary N) is 1. The molecule has 0 heterocycles. The largest absolute Gasteiger partial charge is 0.449 e. The number of primary sulfonamides is 1. The van der Waals surface area contributed by atoms with E-state index in [-0.39, 0.29) is 30.3 Å². The minimum atomic E-state index is -3.74. The summed E-state index contributed by atoms with van der Waals surface area (Å²) in [5, 5.41) is 7.52. The van der Waals surface area contributed by atoms with Crippen molar-refractivity contribution in [2.45, 2.75) is 17.9 Å². The first-order valence-electron chi connectivity index (χ1n) is 7.12. The van der Waals surface area contributed by atoms with Gasteiger partial charge in [0.25, 0.3) is 0 Å². The lowest BCUT2D eigenvalue weighted by atomic mass is 10.1. The van der Waals surface area contributed by atoms with E-state index < -0.39 is 16.1 Å². The second-order valence-corrected chi connectivity index (χ2v) is 6.58. The molecule has 0 saturated carbocycles. The molecule has 2 aromatic carbocycles. The van der Waals surface area contributed by atoms with Gasteiger partial charge in [0, 0.05) is 13.0 Å². The van der Waals surface area contributed by atoms with Crippen molar-refractivity contribution in [1.29, 1.82) is 0 Å². The number of rotatable bonds is 6. The number of hydrogen-bond acceptors (Lipinski definition) is 4. The van der Waals surface area contributed by atoms with E-state index in [1.54, 1.807) is 30.3 Å². The van der Waals surface area contributed by atoms with E-state index in [1.165, 1.54) is 18.2 Å². The quantitative estimate of drug-likeness (QED) is 0.830.